The van der Waals surface area contributed by atoms with E-state index in [-0.39, 0.29) is 30.3 Å². The molecule has 25 heavy (non-hydrogen) atoms. The van der Waals surface area contributed by atoms with Crippen LogP contribution in [0.25, 0.3) is 0 Å². The number of carbonyl (C=O) groups is 2. The van der Waals surface area contributed by atoms with Crippen LogP contribution in [0.3, 0.4) is 0 Å². The van der Waals surface area contributed by atoms with Crippen LogP contribution in [-0.4, -0.2) is 49.6 Å². The minimum absolute atomic E-state index is 0.0323. The number of methoxy groups -OCH3 is 1. The number of benzene rings is 1. The second-order valence-electron chi connectivity index (χ2n) is 6.76. The Balaban J connectivity index is 1.48. The van der Waals surface area contributed by atoms with Crippen molar-refractivity contribution in [3.63, 3.8) is 0 Å². The van der Waals surface area contributed by atoms with Crippen LogP contribution in [0.15, 0.2) is 24.3 Å². The molecule has 1 N–H and O–H groups in total. The number of rotatable bonds is 6. The van der Waals surface area contributed by atoms with Crippen LogP contribution in [0.1, 0.15) is 31.2 Å². The van der Waals surface area contributed by atoms with Gasteiger partial charge in [0.05, 0.1) is 19.1 Å². The first kappa shape index (κ1) is 17.7. The van der Waals surface area contributed by atoms with Gasteiger partial charge in [0.1, 0.15) is 5.75 Å². The molecule has 0 radical (unpaired) electrons. The molecule has 2 saturated heterocycles. The van der Waals surface area contributed by atoms with Crippen molar-refractivity contribution in [2.24, 2.45) is 5.92 Å². The largest absolute Gasteiger partial charge is 0.497 e. The molecular formula is C19H26N2O4. The van der Waals surface area contributed by atoms with E-state index >= 15 is 0 Å². The van der Waals surface area contributed by atoms with Gasteiger partial charge in [0.25, 0.3) is 0 Å². The smallest absolute Gasteiger partial charge is 0.225 e. The summed E-state index contributed by atoms with van der Waals surface area (Å²) in [6.45, 7) is 2.32. The van der Waals surface area contributed by atoms with E-state index in [1.54, 1.807) is 12.0 Å². The monoisotopic (exact) mass is 346 g/mol. The number of hydrogen-bond donors (Lipinski definition) is 1. The Morgan fingerprint density at radius 2 is 2.12 bits per heavy atom. The number of hydrogen-bond acceptors (Lipinski definition) is 4. The maximum absolute atomic E-state index is 12.4. The average molecular weight is 346 g/mol. The standard InChI is InChI=1S/C19H26N2O4/c1-24-16-7-5-14(6-8-16)12-21-13-15(10-18(21)22)19(23)20-11-17-4-2-3-9-25-17/h5-8,15,17H,2-4,9-13H2,1H3,(H,20,23)/t15-,17-/m0/s1. The van der Waals surface area contributed by atoms with Crippen LogP contribution in [0.5, 0.6) is 5.75 Å². The molecule has 0 spiro atoms. The zero-order valence-electron chi connectivity index (χ0n) is 14.7. The van der Waals surface area contributed by atoms with E-state index < -0.39 is 0 Å². The Labute approximate surface area is 148 Å². The first-order chi connectivity index (χ1) is 12.2. The summed E-state index contributed by atoms with van der Waals surface area (Å²) in [5.74, 6) is 0.512. The molecule has 0 saturated carbocycles. The summed E-state index contributed by atoms with van der Waals surface area (Å²) in [4.78, 5) is 26.3. The summed E-state index contributed by atoms with van der Waals surface area (Å²) < 4.78 is 10.8. The number of nitrogens with zero attached hydrogens (tertiary/aromatic N) is 1. The van der Waals surface area contributed by atoms with Crippen LogP contribution < -0.4 is 10.1 Å². The normalized spacial score (nSPS) is 23.6. The van der Waals surface area contributed by atoms with Crippen LogP contribution in [0, 0.1) is 5.92 Å². The summed E-state index contributed by atoms with van der Waals surface area (Å²) in [6.07, 6.45) is 3.64. The fourth-order valence-electron chi connectivity index (χ4n) is 3.38. The Hall–Kier alpha value is -2.08. The van der Waals surface area contributed by atoms with Crippen LogP contribution in [-0.2, 0) is 20.9 Å². The van der Waals surface area contributed by atoms with Crippen molar-refractivity contribution in [1.29, 1.82) is 0 Å². The third-order valence-corrected chi connectivity index (χ3v) is 4.90. The van der Waals surface area contributed by atoms with Gasteiger partial charge in [-0.25, -0.2) is 0 Å². The number of likely N-dealkylation sites (tertiary alicyclic amines) is 1. The summed E-state index contributed by atoms with van der Waals surface area (Å²) in [5.41, 5.74) is 1.03. The van der Waals surface area contributed by atoms with Gasteiger partial charge in [0.15, 0.2) is 0 Å². The topological polar surface area (TPSA) is 67.9 Å². The minimum atomic E-state index is -0.269. The molecule has 2 heterocycles. The third-order valence-electron chi connectivity index (χ3n) is 4.90. The molecule has 2 atom stereocenters. The van der Waals surface area contributed by atoms with Gasteiger partial charge in [-0.3, -0.25) is 9.59 Å². The van der Waals surface area contributed by atoms with Crippen molar-refractivity contribution in [1.82, 2.24) is 10.2 Å². The molecule has 2 aliphatic heterocycles. The average Bonchev–Trinajstić information content (AvgIpc) is 3.02. The van der Waals surface area contributed by atoms with Crippen molar-refractivity contribution in [2.75, 3.05) is 26.8 Å². The Bertz CT molecular complexity index is 596. The molecule has 6 nitrogen and oxygen atoms in total. The van der Waals surface area contributed by atoms with Gasteiger partial charge >= 0.3 is 0 Å². The highest BCUT2D eigenvalue weighted by Crippen LogP contribution is 2.22. The van der Waals surface area contributed by atoms with E-state index in [0.29, 0.717) is 19.6 Å². The van der Waals surface area contributed by atoms with Crippen molar-refractivity contribution in [3.8, 4) is 5.75 Å². The first-order valence-corrected chi connectivity index (χ1v) is 8.95. The fraction of sp³-hybridized carbons (Fsp3) is 0.579. The molecule has 2 fully saturated rings. The maximum atomic E-state index is 12.4. The summed E-state index contributed by atoms with van der Waals surface area (Å²) >= 11 is 0. The summed E-state index contributed by atoms with van der Waals surface area (Å²) in [7, 11) is 1.63. The highest BCUT2D eigenvalue weighted by Gasteiger charge is 2.34. The lowest BCUT2D eigenvalue weighted by Gasteiger charge is -2.23. The van der Waals surface area contributed by atoms with Crippen molar-refractivity contribution in [3.05, 3.63) is 29.8 Å². The SMILES string of the molecule is COc1ccc(CN2C[C@@H](C(=O)NC[C@@H]3CCCCO3)CC2=O)cc1. The molecular weight excluding hydrogens is 320 g/mol. The maximum Gasteiger partial charge on any atom is 0.225 e. The van der Waals surface area contributed by atoms with Gasteiger partial charge in [0.2, 0.25) is 11.8 Å². The lowest BCUT2D eigenvalue weighted by Crippen LogP contribution is -2.39. The number of ether oxygens (including phenoxy) is 2. The summed E-state index contributed by atoms with van der Waals surface area (Å²) in [5, 5.41) is 2.96. The predicted molar refractivity (Wildman–Crippen MR) is 93.1 cm³/mol. The van der Waals surface area contributed by atoms with Gasteiger partial charge in [-0.1, -0.05) is 12.1 Å². The van der Waals surface area contributed by atoms with Gasteiger partial charge in [-0.2, -0.15) is 0 Å². The molecule has 2 aliphatic rings. The Morgan fingerprint density at radius 1 is 1.32 bits per heavy atom. The van der Waals surface area contributed by atoms with E-state index in [0.717, 1.165) is 37.2 Å². The molecule has 0 aromatic heterocycles. The molecule has 0 bridgehead atoms. The molecule has 136 valence electrons. The van der Waals surface area contributed by atoms with Crippen molar-refractivity contribution >= 4 is 11.8 Å². The quantitative estimate of drug-likeness (QED) is 0.852. The van der Waals surface area contributed by atoms with Gasteiger partial charge in [-0.15, -0.1) is 0 Å². The molecule has 6 heteroatoms. The highest BCUT2D eigenvalue weighted by molar-refractivity contribution is 5.89. The molecule has 1 aromatic rings. The zero-order valence-corrected chi connectivity index (χ0v) is 14.7. The first-order valence-electron chi connectivity index (χ1n) is 8.95. The van der Waals surface area contributed by atoms with Crippen LogP contribution >= 0.6 is 0 Å². The Morgan fingerprint density at radius 3 is 2.80 bits per heavy atom. The molecule has 0 unspecified atom stereocenters. The fourth-order valence-corrected chi connectivity index (χ4v) is 3.38. The van der Waals surface area contributed by atoms with Crippen LogP contribution in [0.2, 0.25) is 0 Å². The van der Waals surface area contributed by atoms with E-state index in [9.17, 15) is 9.59 Å². The second-order valence-corrected chi connectivity index (χ2v) is 6.76. The Kier molecular flexibility index (Phi) is 5.91. The van der Waals surface area contributed by atoms with Gasteiger partial charge in [0, 0.05) is 32.7 Å². The van der Waals surface area contributed by atoms with E-state index in [1.807, 2.05) is 24.3 Å². The van der Waals surface area contributed by atoms with Crippen molar-refractivity contribution < 1.29 is 19.1 Å². The van der Waals surface area contributed by atoms with Gasteiger partial charge in [-0.05, 0) is 37.0 Å². The number of carbonyl (C=O) groups excluding carboxylic acids is 2. The highest BCUT2D eigenvalue weighted by atomic mass is 16.5. The molecule has 2 amide bonds. The second kappa shape index (κ2) is 8.34. The van der Waals surface area contributed by atoms with Crippen molar-refractivity contribution in [2.45, 2.75) is 38.3 Å². The van der Waals surface area contributed by atoms with E-state index in [2.05, 4.69) is 5.32 Å². The van der Waals surface area contributed by atoms with E-state index in [4.69, 9.17) is 9.47 Å². The number of amides is 2. The predicted octanol–water partition coefficient (Wildman–Crippen LogP) is 1.73. The molecule has 0 aliphatic carbocycles. The third kappa shape index (κ3) is 4.72. The lowest BCUT2D eigenvalue weighted by atomic mass is 10.1. The lowest BCUT2D eigenvalue weighted by molar-refractivity contribution is -0.129. The zero-order chi connectivity index (χ0) is 17.6. The van der Waals surface area contributed by atoms with Crippen LogP contribution in [0.4, 0.5) is 0 Å². The minimum Gasteiger partial charge on any atom is -0.497 e. The van der Waals surface area contributed by atoms with Gasteiger partial charge < -0.3 is 19.7 Å². The summed E-state index contributed by atoms with van der Waals surface area (Å²) in [6, 6.07) is 7.65. The number of nitrogens with one attached hydrogen (secondary N) is 1. The van der Waals surface area contributed by atoms with E-state index in [1.165, 1.54) is 0 Å². The molecule has 3 rings (SSSR count). The molecule has 1 aromatic carbocycles.